The molecular weight excluding hydrogens is 416 g/mol. The first-order valence-electron chi connectivity index (χ1n) is 11.2. The van der Waals surface area contributed by atoms with Crippen molar-refractivity contribution in [3.63, 3.8) is 0 Å². The van der Waals surface area contributed by atoms with Gasteiger partial charge in [0.15, 0.2) is 5.65 Å². The monoisotopic (exact) mass is 444 g/mol. The highest BCUT2D eigenvalue weighted by Crippen LogP contribution is 2.27. The molecule has 0 spiro atoms. The number of hydrogen-bond acceptors (Lipinski definition) is 7. The van der Waals surface area contributed by atoms with Crippen molar-refractivity contribution in [3.8, 4) is 17.1 Å². The van der Waals surface area contributed by atoms with E-state index in [4.69, 9.17) is 19.6 Å². The second kappa shape index (κ2) is 9.56. The van der Waals surface area contributed by atoms with Crippen LogP contribution < -0.4 is 15.0 Å². The average molecular weight is 445 g/mol. The maximum absolute atomic E-state index is 6.23. The number of anilines is 1. The molecule has 0 amide bonds. The van der Waals surface area contributed by atoms with Crippen LogP contribution in [0.4, 0.5) is 5.82 Å². The number of fused-ring (bicyclic) bond motifs is 1. The van der Waals surface area contributed by atoms with Gasteiger partial charge in [-0.25, -0.2) is 0 Å². The van der Waals surface area contributed by atoms with Crippen LogP contribution in [0.25, 0.3) is 16.9 Å². The van der Waals surface area contributed by atoms with Gasteiger partial charge in [0.25, 0.3) is 0 Å². The predicted molar refractivity (Wildman–Crippen MR) is 128 cm³/mol. The molecule has 1 fully saturated rings. The standard InChI is InChI=1S/C25H28N6O2/c1-18-4-3-5-20(14-18)22(26-2)17-33-24-16-25(30-10-12-32-13-11-30)31-23(28-24)15-21(29-31)19-6-8-27-9-7-19/h3-9,14-16,22,26H,10-13,17H2,1-2H3. The van der Waals surface area contributed by atoms with Gasteiger partial charge in [0.1, 0.15) is 12.4 Å². The van der Waals surface area contributed by atoms with E-state index in [9.17, 15) is 0 Å². The van der Waals surface area contributed by atoms with Gasteiger partial charge in [0, 0.05) is 43.2 Å². The van der Waals surface area contributed by atoms with E-state index >= 15 is 0 Å². The number of likely N-dealkylation sites (N-methyl/N-ethyl adjacent to an activating group) is 1. The van der Waals surface area contributed by atoms with E-state index in [1.54, 1.807) is 12.4 Å². The van der Waals surface area contributed by atoms with Gasteiger partial charge in [-0.05, 0) is 31.7 Å². The molecule has 0 radical (unpaired) electrons. The second-order valence-electron chi connectivity index (χ2n) is 8.15. The lowest BCUT2D eigenvalue weighted by atomic mass is 10.1. The Bertz CT molecular complexity index is 1220. The normalized spacial score (nSPS) is 15.0. The Morgan fingerprint density at radius 3 is 2.67 bits per heavy atom. The number of benzene rings is 1. The summed E-state index contributed by atoms with van der Waals surface area (Å²) in [6.45, 7) is 5.54. The molecule has 0 aliphatic carbocycles. The number of nitrogens with zero attached hydrogens (tertiary/aromatic N) is 5. The van der Waals surface area contributed by atoms with Gasteiger partial charge in [0.2, 0.25) is 5.88 Å². The zero-order valence-electron chi connectivity index (χ0n) is 18.9. The fraction of sp³-hybridized carbons (Fsp3) is 0.320. The molecule has 1 atom stereocenters. The molecule has 0 saturated carbocycles. The molecular formula is C25H28N6O2. The number of pyridine rings is 1. The molecule has 1 aliphatic heterocycles. The van der Waals surface area contributed by atoms with Crippen LogP contribution >= 0.6 is 0 Å². The third-order valence-electron chi connectivity index (χ3n) is 5.89. The van der Waals surface area contributed by atoms with Crippen molar-refractivity contribution in [1.82, 2.24) is 24.9 Å². The minimum absolute atomic E-state index is 0.0621. The Labute approximate surface area is 193 Å². The van der Waals surface area contributed by atoms with E-state index < -0.39 is 0 Å². The Morgan fingerprint density at radius 1 is 1.09 bits per heavy atom. The van der Waals surface area contributed by atoms with Crippen LogP contribution in [-0.2, 0) is 4.74 Å². The first-order chi connectivity index (χ1) is 16.2. The highest BCUT2D eigenvalue weighted by molar-refractivity contribution is 5.66. The van der Waals surface area contributed by atoms with E-state index in [0.29, 0.717) is 25.7 Å². The van der Waals surface area contributed by atoms with Gasteiger partial charge in [-0.3, -0.25) is 4.98 Å². The van der Waals surface area contributed by atoms with Gasteiger partial charge in [-0.2, -0.15) is 14.6 Å². The van der Waals surface area contributed by atoms with E-state index in [1.165, 1.54) is 11.1 Å². The summed E-state index contributed by atoms with van der Waals surface area (Å²) in [5.41, 5.74) is 5.02. The van der Waals surface area contributed by atoms with E-state index in [2.05, 4.69) is 46.4 Å². The van der Waals surface area contributed by atoms with Crippen molar-refractivity contribution in [1.29, 1.82) is 0 Å². The summed E-state index contributed by atoms with van der Waals surface area (Å²) in [4.78, 5) is 11.2. The number of nitrogens with one attached hydrogen (secondary N) is 1. The summed E-state index contributed by atoms with van der Waals surface area (Å²) in [5, 5.41) is 8.20. The third-order valence-corrected chi connectivity index (χ3v) is 5.89. The van der Waals surface area contributed by atoms with Crippen LogP contribution in [0.3, 0.4) is 0 Å². The van der Waals surface area contributed by atoms with Crippen LogP contribution in [0.15, 0.2) is 60.9 Å². The molecule has 1 saturated heterocycles. The van der Waals surface area contributed by atoms with Gasteiger partial charge < -0.3 is 19.7 Å². The molecule has 170 valence electrons. The molecule has 33 heavy (non-hydrogen) atoms. The first kappa shape index (κ1) is 21.4. The van der Waals surface area contributed by atoms with Crippen molar-refractivity contribution < 1.29 is 9.47 Å². The Balaban J connectivity index is 1.47. The van der Waals surface area contributed by atoms with Crippen molar-refractivity contribution in [2.75, 3.05) is 44.9 Å². The molecule has 4 aromatic rings. The summed E-state index contributed by atoms with van der Waals surface area (Å²) in [6, 6.07) is 16.4. The first-order valence-corrected chi connectivity index (χ1v) is 11.2. The Kier molecular flexibility index (Phi) is 6.19. The SMILES string of the molecule is CNC(COc1cc(N2CCOCC2)n2nc(-c3ccncc3)cc2n1)c1cccc(C)c1. The molecule has 4 heterocycles. The molecule has 1 aromatic carbocycles. The molecule has 1 unspecified atom stereocenters. The topological polar surface area (TPSA) is 76.8 Å². The predicted octanol–water partition coefficient (Wildman–Crippen LogP) is 3.28. The maximum atomic E-state index is 6.23. The molecule has 5 rings (SSSR count). The fourth-order valence-electron chi connectivity index (χ4n) is 4.09. The zero-order chi connectivity index (χ0) is 22.6. The van der Waals surface area contributed by atoms with Crippen molar-refractivity contribution in [2.24, 2.45) is 0 Å². The number of hydrogen-bond donors (Lipinski definition) is 1. The molecule has 1 aliphatic rings. The lowest BCUT2D eigenvalue weighted by Crippen LogP contribution is -2.37. The molecule has 8 nitrogen and oxygen atoms in total. The highest BCUT2D eigenvalue weighted by Gasteiger charge is 2.19. The van der Waals surface area contributed by atoms with Crippen LogP contribution in [0.5, 0.6) is 5.88 Å². The average Bonchev–Trinajstić information content (AvgIpc) is 3.29. The minimum atomic E-state index is 0.0621. The maximum Gasteiger partial charge on any atom is 0.219 e. The van der Waals surface area contributed by atoms with E-state index in [0.717, 1.165) is 35.8 Å². The lowest BCUT2D eigenvalue weighted by molar-refractivity contribution is 0.122. The van der Waals surface area contributed by atoms with Crippen LogP contribution in [0.2, 0.25) is 0 Å². The molecule has 8 heteroatoms. The highest BCUT2D eigenvalue weighted by atomic mass is 16.5. The second-order valence-corrected chi connectivity index (χ2v) is 8.15. The van der Waals surface area contributed by atoms with E-state index in [1.807, 2.05) is 35.8 Å². The molecule has 1 N–H and O–H groups in total. The summed E-state index contributed by atoms with van der Waals surface area (Å²) in [6.07, 6.45) is 3.54. The zero-order valence-corrected chi connectivity index (χ0v) is 18.9. The van der Waals surface area contributed by atoms with Gasteiger partial charge in [-0.1, -0.05) is 29.8 Å². The summed E-state index contributed by atoms with van der Waals surface area (Å²) in [7, 11) is 1.95. The van der Waals surface area contributed by atoms with E-state index in [-0.39, 0.29) is 6.04 Å². The summed E-state index contributed by atoms with van der Waals surface area (Å²) >= 11 is 0. The summed E-state index contributed by atoms with van der Waals surface area (Å²) < 4.78 is 13.7. The molecule has 0 bridgehead atoms. The van der Waals surface area contributed by atoms with Crippen molar-refractivity contribution in [3.05, 3.63) is 72.1 Å². The lowest BCUT2D eigenvalue weighted by Gasteiger charge is -2.29. The van der Waals surface area contributed by atoms with Gasteiger partial charge >= 0.3 is 0 Å². The van der Waals surface area contributed by atoms with Gasteiger partial charge in [0.05, 0.1) is 24.9 Å². The van der Waals surface area contributed by atoms with Crippen LogP contribution in [0, 0.1) is 6.92 Å². The van der Waals surface area contributed by atoms with Crippen LogP contribution in [0.1, 0.15) is 17.2 Å². The Hall–Kier alpha value is -3.49. The number of rotatable bonds is 7. The van der Waals surface area contributed by atoms with Gasteiger partial charge in [-0.15, -0.1) is 0 Å². The summed E-state index contributed by atoms with van der Waals surface area (Å²) in [5.74, 6) is 1.54. The number of ether oxygens (including phenoxy) is 2. The number of morpholine rings is 1. The smallest absolute Gasteiger partial charge is 0.219 e. The number of aryl methyl sites for hydroxylation is 1. The molecule has 3 aromatic heterocycles. The number of aromatic nitrogens is 4. The third kappa shape index (κ3) is 4.67. The minimum Gasteiger partial charge on any atom is -0.475 e. The van der Waals surface area contributed by atoms with Crippen LogP contribution in [-0.4, -0.2) is 59.5 Å². The largest absolute Gasteiger partial charge is 0.475 e. The van der Waals surface area contributed by atoms with Crippen molar-refractivity contribution >= 4 is 11.5 Å². The quantitative estimate of drug-likeness (QED) is 0.469. The van der Waals surface area contributed by atoms with Crippen molar-refractivity contribution in [2.45, 2.75) is 13.0 Å². The Morgan fingerprint density at radius 2 is 1.91 bits per heavy atom. The fourth-order valence-corrected chi connectivity index (χ4v) is 4.09.